The zero-order valence-corrected chi connectivity index (χ0v) is 16.9. The van der Waals surface area contributed by atoms with Crippen LogP contribution in [0.15, 0.2) is 30.3 Å². The maximum absolute atomic E-state index is 9.39. The Labute approximate surface area is 161 Å². The highest BCUT2D eigenvalue weighted by atomic mass is 16.5. The first kappa shape index (κ1) is 19.4. The first-order valence-electron chi connectivity index (χ1n) is 9.76. The van der Waals surface area contributed by atoms with Gasteiger partial charge in [0.15, 0.2) is 0 Å². The number of ether oxygens (including phenoxy) is 1. The van der Waals surface area contributed by atoms with Crippen LogP contribution in [0, 0.1) is 27.7 Å². The number of rotatable bonds is 8. The van der Waals surface area contributed by atoms with Gasteiger partial charge in [-0.1, -0.05) is 6.07 Å². The van der Waals surface area contributed by atoms with Crippen molar-refractivity contribution in [3.8, 4) is 5.75 Å². The van der Waals surface area contributed by atoms with Gasteiger partial charge in [0, 0.05) is 13.0 Å². The molecule has 1 heterocycles. The van der Waals surface area contributed by atoms with Gasteiger partial charge in [0.25, 0.3) is 0 Å². The van der Waals surface area contributed by atoms with Crippen molar-refractivity contribution in [2.45, 2.75) is 53.5 Å². The summed E-state index contributed by atoms with van der Waals surface area (Å²) in [5, 5.41) is 9.39. The predicted molar refractivity (Wildman–Crippen MR) is 111 cm³/mol. The van der Waals surface area contributed by atoms with Gasteiger partial charge < -0.3 is 14.4 Å². The Morgan fingerprint density at radius 2 is 1.63 bits per heavy atom. The maximum Gasteiger partial charge on any atom is 0.119 e. The van der Waals surface area contributed by atoms with Crippen LogP contribution in [0.25, 0.3) is 11.0 Å². The predicted octanol–water partition coefficient (Wildman–Crippen LogP) is 4.66. The number of hydrogen-bond acceptors (Lipinski definition) is 3. The van der Waals surface area contributed by atoms with Crippen LogP contribution in [0.1, 0.15) is 40.9 Å². The molecule has 3 aromatic rings. The normalized spacial score (nSPS) is 11.3. The van der Waals surface area contributed by atoms with Crippen molar-refractivity contribution in [3.05, 3.63) is 58.4 Å². The molecule has 0 unspecified atom stereocenters. The number of benzene rings is 2. The minimum absolute atomic E-state index is 0.122. The van der Waals surface area contributed by atoms with E-state index in [1.165, 1.54) is 22.3 Å². The van der Waals surface area contributed by atoms with Crippen molar-refractivity contribution in [1.29, 1.82) is 0 Å². The van der Waals surface area contributed by atoms with Gasteiger partial charge >= 0.3 is 0 Å². The second-order valence-electron chi connectivity index (χ2n) is 7.46. The lowest BCUT2D eigenvalue weighted by molar-refractivity contribution is 0.292. The number of imidazole rings is 1. The van der Waals surface area contributed by atoms with E-state index in [1.807, 2.05) is 0 Å². The fourth-order valence-electron chi connectivity index (χ4n) is 3.55. The molecule has 0 amide bonds. The summed E-state index contributed by atoms with van der Waals surface area (Å²) in [4.78, 5) is 4.74. The maximum atomic E-state index is 9.39. The van der Waals surface area contributed by atoms with E-state index in [-0.39, 0.29) is 6.61 Å². The highest BCUT2D eigenvalue weighted by Gasteiger charge is 2.11. The van der Waals surface area contributed by atoms with Gasteiger partial charge in [-0.2, -0.15) is 0 Å². The average Bonchev–Trinajstić information content (AvgIpc) is 2.91. The van der Waals surface area contributed by atoms with E-state index in [2.05, 4.69) is 62.6 Å². The molecule has 27 heavy (non-hydrogen) atoms. The van der Waals surface area contributed by atoms with E-state index in [1.54, 1.807) is 0 Å². The molecule has 1 aromatic heterocycles. The summed E-state index contributed by atoms with van der Waals surface area (Å²) in [6.07, 6.45) is 2.59. The van der Waals surface area contributed by atoms with Gasteiger partial charge in [0.05, 0.1) is 24.2 Å². The van der Waals surface area contributed by atoms with Crippen molar-refractivity contribution < 1.29 is 9.84 Å². The number of aromatic nitrogens is 2. The number of aliphatic hydroxyl groups is 1. The average molecular weight is 367 g/mol. The summed E-state index contributed by atoms with van der Waals surface area (Å²) in [5.74, 6) is 1.92. The molecule has 0 saturated carbocycles. The lowest BCUT2D eigenvalue weighted by atomic mass is 10.1. The van der Waals surface area contributed by atoms with Crippen LogP contribution in [-0.2, 0) is 13.0 Å². The molecule has 4 nitrogen and oxygen atoms in total. The molecule has 0 aliphatic carbocycles. The van der Waals surface area contributed by atoms with Crippen molar-refractivity contribution >= 4 is 11.0 Å². The summed E-state index contributed by atoms with van der Waals surface area (Å²) in [5.41, 5.74) is 7.18. The zero-order valence-electron chi connectivity index (χ0n) is 16.9. The monoisotopic (exact) mass is 366 g/mol. The Balaban J connectivity index is 1.63. The fraction of sp³-hybridized carbons (Fsp3) is 0.435. The first-order valence-corrected chi connectivity index (χ1v) is 9.76. The Kier molecular flexibility index (Phi) is 6.17. The Hall–Kier alpha value is -2.33. The molecule has 0 radical (unpaired) electrons. The van der Waals surface area contributed by atoms with Crippen molar-refractivity contribution in [3.63, 3.8) is 0 Å². The molecule has 4 heteroatoms. The Bertz CT molecular complexity index is 908. The summed E-state index contributed by atoms with van der Waals surface area (Å²) in [7, 11) is 0. The van der Waals surface area contributed by atoms with Crippen molar-refractivity contribution in [2.24, 2.45) is 0 Å². The van der Waals surface area contributed by atoms with E-state index in [0.29, 0.717) is 13.0 Å². The molecule has 3 rings (SSSR count). The van der Waals surface area contributed by atoms with E-state index in [9.17, 15) is 5.11 Å². The molecular formula is C23H30N2O2. The van der Waals surface area contributed by atoms with Gasteiger partial charge in [-0.15, -0.1) is 0 Å². The van der Waals surface area contributed by atoms with Gasteiger partial charge in [-0.3, -0.25) is 0 Å². The zero-order chi connectivity index (χ0) is 19.4. The number of aliphatic hydroxyl groups excluding tert-OH is 1. The highest BCUT2D eigenvalue weighted by Crippen LogP contribution is 2.22. The molecule has 0 fully saturated rings. The molecule has 0 bridgehead atoms. The topological polar surface area (TPSA) is 47.3 Å². The number of unbranched alkanes of at least 4 members (excludes halogenated alkanes) is 1. The molecule has 1 N–H and O–H groups in total. The minimum Gasteiger partial charge on any atom is -0.494 e. The molecular weight excluding hydrogens is 336 g/mol. The van der Waals surface area contributed by atoms with E-state index < -0.39 is 0 Å². The third kappa shape index (κ3) is 4.69. The van der Waals surface area contributed by atoms with Crippen molar-refractivity contribution in [2.75, 3.05) is 13.2 Å². The first-order chi connectivity index (χ1) is 13.0. The van der Waals surface area contributed by atoms with Crippen LogP contribution in [-0.4, -0.2) is 27.9 Å². The molecule has 0 atom stereocenters. The van der Waals surface area contributed by atoms with Crippen molar-refractivity contribution in [1.82, 2.24) is 9.55 Å². The standard InChI is InChI=1S/C23H30N2O2/c1-16-11-17(2)13-20(12-16)27-10-6-5-8-25-22-15-19(4)18(3)14-21(22)24-23(25)7-9-26/h11-15,26H,5-10H2,1-4H3. The SMILES string of the molecule is Cc1cc(C)cc(OCCCCn2c(CCO)nc3cc(C)c(C)cc32)c1. The lowest BCUT2D eigenvalue weighted by Gasteiger charge is -2.11. The van der Waals surface area contributed by atoms with Crippen LogP contribution >= 0.6 is 0 Å². The molecule has 2 aromatic carbocycles. The van der Waals surface area contributed by atoms with Gasteiger partial charge in [0.1, 0.15) is 11.6 Å². The van der Waals surface area contributed by atoms with Crippen LogP contribution in [0.4, 0.5) is 0 Å². The number of hydrogen-bond donors (Lipinski definition) is 1. The van der Waals surface area contributed by atoms with Crippen LogP contribution < -0.4 is 4.74 Å². The summed E-state index contributed by atoms with van der Waals surface area (Å²) >= 11 is 0. The third-order valence-corrected chi connectivity index (χ3v) is 5.02. The molecule has 0 saturated heterocycles. The number of nitrogens with zero attached hydrogens (tertiary/aromatic N) is 2. The molecule has 0 aliphatic heterocycles. The van der Waals surface area contributed by atoms with Crippen LogP contribution in [0.3, 0.4) is 0 Å². The molecule has 144 valence electrons. The largest absolute Gasteiger partial charge is 0.494 e. The van der Waals surface area contributed by atoms with E-state index in [4.69, 9.17) is 9.72 Å². The molecule has 0 aliphatic rings. The van der Waals surface area contributed by atoms with Crippen LogP contribution in [0.2, 0.25) is 0 Å². The van der Waals surface area contributed by atoms with E-state index >= 15 is 0 Å². The van der Waals surface area contributed by atoms with E-state index in [0.717, 1.165) is 42.0 Å². The summed E-state index contributed by atoms with van der Waals surface area (Å²) < 4.78 is 8.18. The fourth-order valence-corrected chi connectivity index (χ4v) is 3.55. The van der Waals surface area contributed by atoms with Crippen LogP contribution in [0.5, 0.6) is 5.75 Å². The summed E-state index contributed by atoms with van der Waals surface area (Å²) in [6.45, 7) is 10.2. The Morgan fingerprint density at radius 1 is 0.926 bits per heavy atom. The third-order valence-electron chi connectivity index (χ3n) is 5.02. The summed E-state index contributed by atoms with van der Waals surface area (Å²) in [6, 6.07) is 10.7. The number of fused-ring (bicyclic) bond motifs is 1. The Morgan fingerprint density at radius 3 is 2.33 bits per heavy atom. The van der Waals surface area contributed by atoms with Gasteiger partial charge in [0.2, 0.25) is 0 Å². The second kappa shape index (κ2) is 8.57. The molecule has 0 spiro atoms. The highest BCUT2D eigenvalue weighted by molar-refractivity contribution is 5.78. The second-order valence-corrected chi connectivity index (χ2v) is 7.46. The smallest absolute Gasteiger partial charge is 0.119 e. The minimum atomic E-state index is 0.122. The number of aryl methyl sites for hydroxylation is 5. The van der Waals surface area contributed by atoms with Gasteiger partial charge in [-0.25, -0.2) is 4.98 Å². The quantitative estimate of drug-likeness (QED) is 0.590. The van der Waals surface area contributed by atoms with Gasteiger partial charge in [-0.05, 0) is 87.1 Å². The lowest BCUT2D eigenvalue weighted by Crippen LogP contribution is -2.07.